The van der Waals surface area contributed by atoms with E-state index in [4.69, 9.17) is 18.8 Å². The molecule has 2 heterocycles. The normalized spacial score (nSPS) is 12.3. The van der Waals surface area contributed by atoms with Crippen LogP contribution in [0.1, 0.15) is 44.5 Å². The topological polar surface area (TPSA) is 58.5 Å². The number of hydrogen-bond donors (Lipinski definition) is 0. The van der Waals surface area contributed by atoms with Crippen LogP contribution in [0.5, 0.6) is 0 Å². The molecule has 2 aromatic heterocycles. The standard InChI is InChI=1S/C79H58N4O2/c1-51-25-23-26-52(2)69(51)77-80-73-67(82(61-37-19-9-20-38-61)63-45-41-57(42-46-63)55-29-11-5-12-30-55)49-65-71(75(73)84-77)72-66(79(65,59-33-15-7-16-34-59)60-35-17-8-18-36-60)50-68(74-76(72)85-78(81-74)70-53(3)27-24-28-54(70)4)83(62-39-21-10-22-40-62)64-47-43-58(44-48-64)56-31-13-6-14-32-56/h5-50H,1-4H3. The predicted octanol–water partition coefficient (Wildman–Crippen LogP) is 21.2. The van der Waals surface area contributed by atoms with Crippen molar-refractivity contribution in [3.05, 3.63) is 324 Å². The molecule has 0 N–H and O–H groups in total. The number of benzene rings is 12. The summed E-state index contributed by atoms with van der Waals surface area (Å²) < 4.78 is 15.3. The van der Waals surface area contributed by atoms with Crippen LogP contribution in [0.3, 0.4) is 0 Å². The molecule has 15 rings (SSSR count). The molecule has 0 bridgehead atoms. The summed E-state index contributed by atoms with van der Waals surface area (Å²) in [6, 6.07) is 99.7. The van der Waals surface area contributed by atoms with E-state index in [0.29, 0.717) is 34.0 Å². The summed E-state index contributed by atoms with van der Waals surface area (Å²) in [5.74, 6) is 1.09. The van der Waals surface area contributed by atoms with E-state index in [2.05, 4.69) is 317 Å². The van der Waals surface area contributed by atoms with Gasteiger partial charge in [0.25, 0.3) is 0 Å². The first-order chi connectivity index (χ1) is 41.8. The van der Waals surface area contributed by atoms with Crippen molar-refractivity contribution in [3.8, 4) is 56.3 Å². The average Bonchev–Trinajstić information content (AvgIpc) is 1.55. The summed E-state index contributed by atoms with van der Waals surface area (Å²) in [5, 5.41) is 0. The minimum Gasteiger partial charge on any atom is -0.435 e. The van der Waals surface area contributed by atoms with Crippen LogP contribution in [0.4, 0.5) is 34.1 Å². The van der Waals surface area contributed by atoms with Crippen LogP contribution in [0, 0.1) is 27.7 Å². The Labute approximate surface area is 495 Å². The smallest absolute Gasteiger partial charge is 0.227 e. The molecule has 6 nitrogen and oxygen atoms in total. The van der Waals surface area contributed by atoms with E-state index in [1.165, 1.54) is 0 Å². The molecule has 14 aromatic rings. The molecule has 0 aliphatic heterocycles. The summed E-state index contributed by atoms with van der Waals surface area (Å²) in [4.78, 5) is 16.2. The van der Waals surface area contributed by atoms with Crippen LogP contribution in [-0.4, -0.2) is 9.97 Å². The number of rotatable bonds is 12. The van der Waals surface area contributed by atoms with Gasteiger partial charge in [0.1, 0.15) is 11.0 Å². The van der Waals surface area contributed by atoms with Crippen LogP contribution in [0.2, 0.25) is 0 Å². The van der Waals surface area contributed by atoms with Gasteiger partial charge in [0.15, 0.2) is 11.2 Å². The molecule has 0 saturated carbocycles. The van der Waals surface area contributed by atoms with Crippen molar-refractivity contribution in [3.63, 3.8) is 0 Å². The third-order valence-electron chi connectivity index (χ3n) is 17.1. The number of nitrogens with zero attached hydrogens (tertiary/aromatic N) is 4. The highest BCUT2D eigenvalue weighted by atomic mass is 16.4. The maximum atomic E-state index is 7.65. The van der Waals surface area contributed by atoms with E-state index in [1.54, 1.807) is 0 Å². The fourth-order valence-corrected chi connectivity index (χ4v) is 13.3. The Morgan fingerprint density at radius 1 is 0.294 bits per heavy atom. The third kappa shape index (κ3) is 8.47. The van der Waals surface area contributed by atoms with Gasteiger partial charge in [-0.3, -0.25) is 0 Å². The van der Waals surface area contributed by atoms with Gasteiger partial charge < -0.3 is 18.6 Å². The van der Waals surface area contributed by atoms with Crippen LogP contribution in [-0.2, 0) is 5.41 Å². The van der Waals surface area contributed by atoms with Gasteiger partial charge in [-0.2, -0.15) is 0 Å². The summed E-state index contributed by atoms with van der Waals surface area (Å²) in [7, 11) is 0. The molecule has 6 heteroatoms. The first kappa shape index (κ1) is 51.1. The minimum absolute atomic E-state index is 0.544. The Kier molecular flexibility index (Phi) is 12.5. The average molecular weight is 1100 g/mol. The molecule has 0 spiro atoms. The van der Waals surface area contributed by atoms with E-state index in [0.717, 1.165) is 123 Å². The van der Waals surface area contributed by atoms with E-state index in [-0.39, 0.29) is 0 Å². The monoisotopic (exact) mass is 1090 g/mol. The Bertz CT molecular complexity index is 4420. The third-order valence-corrected chi connectivity index (χ3v) is 17.1. The second kappa shape index (κ2) is 20.9. The van der Waals surface area contributed by atoms with Gasteiger partial charge in [0.05, 0.1) is 16.8 Å². The zero-order valence-electron chi connectivity index (χ0n) is 47.7. The largest absolute Gasteiger partial charge is 0.435 e. The molecule has 1 aliphatic rings. The zero-order chi connectivity index (χ0) is 57.2. The first-order valence-electron chi connectivity index (χ1n) is 29.1. The predicted molar refractivity (Wildman–Crippen MR) is 349 cm³/mol. The van der Waals surface area contributed by atoms with Crippen LogP contribution in [0.15, 0.2) is 288 Å². The lowest BCUT2D eigenvalue weighted by molar-refractivity contribution is 0.615. The summed E-state index contributed by atoms with van der Waals surface area (Å²) in [6.07, 6.45) is 0. The number of anilines is 6. The number of fused-ring (bicyclic) bond motifs is 7. The number of para-hydroxylation sites is 2. The molecular formula is C79H58N4O2. The molecule has 1 aliphatic carbocycles. The summed E-state index contributed by atoms with van der Waals surface area (Å²) >= 11 is 0. The van der Waals surface area contributed by atoms with Crippen LogP contribution < -0.4 is 9.80 Å². The lowest BCUT2D eigenvalue weighted by Gasteiger charge is -2.35. The molecule has 0 radical (unpaired) electrons. The van der Waals surface area contributed by atoms with Gasteiger partial charge >= 0.3 is 0 Å². The Hall–Kier alpha value is -10.8. The van der Waals surface area contributed by atoms with Crippen LogP contribution in [0.25, 0.3) is 78.5 Å². The second-order valence-corrected chi connectivity index (χ2v) is 22.2. The highest BCUT2D eigenvalue weighted by molar-refractivity contribution is 6.15. The van der Waals surface area contributed by atoms with Crippen molar-refractivity contribution >= 4 is 56.3 Å². The lowest BCUT2D eigenvalue weighted by atomic mass is 9.67. The molecule has 0 amide bonds. The first-order valence-corrected chi connectivity index (χ1v) is 29.1. The van der Waals surface area contributed by atoms with Gasteiger partial charge in [-0.25, -0.2) is 9.97 Å². The summed E-state index contributed by atoms with van der Waals surface area (Å²) in [5.41, 5.74) is 24.1. The van der Waals surface area contributed by atoms with Crippen molar-refractivity contribution in [2.24, 2.45) is 0 Å². The zero-order valence-corrected chi connectivity index (χ0v) is 47.7. The summed E-state index contributed by atoms with van der Waals surface area (Å²) in [6.45, 7) is 8.56. The fourth-order valence-electron chi connectivity index (χ4n) is 13.3. The number of aryl methyl sites for hydroxylation is 4. The highest BCUT2D eigenvalue weighted by Gasteiger charge is 2.51. The maximum absolute atomic E-state index is 7.65. The van der Waals surface area contributed by atoms with Crippen molar-refractivity contribution in [2.75, 3.05) is 9.80 Å². The van der Waals surface area contributed by atoms with E-state index >= 15 is 0 Å². The quantitative estimate of drug-likeness (QED) is 0.122. The second-order valence-electron chi connectivity index (χ2n) is 22.2. The maximum Gasteiger partial charge on any atom is 0.227 e. The molecule has 0 fully saturated rings. The molecule has 0 unspecified atom stereocenters. The molecule has 406 valence electrons. The van der Waals surface area contributed by atoms with Gasteiger partial charge in [-0.15, -0.1) is 0 Å². The number of hydrogen-bond acceptors (Lipinski definition) is 6. The Balaban J connectivity index is 1.11. The highest BCUT2D eigenvalue weighted by Crippen LogP contribution is 2.63. The van der Waals surface area contributed by atoms with Crippen molar-refractivity contribution in [1.29, 1.82) is 0 Å². The SMILES string of the molecule is Cc1cccc(C)c1-c1nc2c(N(c3ccccc3)c3ccc(-c4ccccc4)cc3)cc3c(c2o1)-c1c(cc(N(c2ccccc2)c2ccc(-c4ccccc4)cc2)c2nc(-c4c(C)cccc4C)oc12)C3(c1ccccc1)c1ccccc1. The van der Waals surface area contributed by atoms with Crippen molar-refractivity contribution < 1.29 is 8.83 Å². The van der Waals surface area contributed by atoms with E-state index in [9.17, 15) is 0 Å². The van der Waals surface area contributed by atoms with Crippen molar-refractivity contribution in [2.45, 2.75) is 33.1 Å². The van der Waals surface area contributed by atoms with Crippen LogP contribution >= 0.6 is 0 Å². The van der Waals surface area contributed by atoms with E-state index in [1.807, 2.05) is 0 Å². The molecular weight excluding hydrogens is 1040 g/mol. The number of aromatic nitrogens is 2. The van der Waals surface area contributed by atoms with Gasteiger partial charge in [0, 0.05) is 45.0 Å². The van der Waals surface area contributed by atoms with Gasteiger partial charge in [-0.05, 0) is 155 Å². The van der Waals surface area contributed by atoms with E-state index < -0.39 is 5.41 Å². The molecule has 0 saturated heterocycles. The van der Waals surface area contributed by atoms with Gasteiger partial charge in [0.2, 0.25) is 11.8 Å². The molecule has 0 atom stereocenters. The van der Waals surface area contributed by atoms with Gasteiger partial charge in [-0.1, -0.05) is 218 Å². The fraction of sp³-hybridized carbons (Fsp3) is 0.0633. The Morgan fingerprint density at radius 2 is 0.588 bits per heavy atom. The molecule has 12 aromatic carbocycles. The minimum atomic E-state index is -0.991. The lowest BCUT2D eigenvalue weighted by Crippen LogP contribution is -2.29. The Morgan fingerprint density at radius 3 is 0.929 bits per heavy atom. The number of oxazole rings is 2. The van der Waals surface area contributed by atoms with Crippen molar-refractivity contribution in [1.82, 2.24) is 9.97 Å². The molecule has 85 heavy (non-hydrogen) atoms.